The zero-order chi connectivity index (χ0) is 41.7. The van der Waals surface area contributed by atoms with Crippen LogP contribution in [0.5, 0.6) is 0 Å². The lowest BCUT2D eigenvalue weighted by Gasteiger charge is -2.55. The summed E-state index contributed by atoms with van der Waals surface area (Å²) in [7, 11) is 0. The standard InChI is InChI=1S/C55H61BN2O/c1-30-15-18-44-35(23-30)48-50(59-44)56-40-17-16-36-45-49(40)57(42-24-31(2)25-43(46(42)56)58(48)47-32(3)26-34(27-33(47)4)51(5,6)7)41-29-38-37(53(10,11)19-20-54(38,12)13)28-39(41)55(45,14)22-21-52(36,8)9/h15-18,23-29H,19-22H2,1-14H3. The van der Waals surface area contributed by atoms with Crippen LogP contribution in [0.25, 0.3) is 11.0 Å². The molecule has 0 fully saturated rings. The van der Waals surface area contributed by atoms with E-state index in [9.17, 15) is 0 Å². The summed E-state index contributed by atoms with van der Waals surface area (Å²) in [5.41, 5.74) is 26.9. The topological polar surface area (TPSA) is 19.6 Å². The largest absolute Gasteiger partial charge is 0.468 e. The molecule has 3 aliphatic heterocycles. The van der Waals surface area contributed by atoms with Crippen molar-refractivity contribution in [2.75, 3.05) is 9.80 Å². The van der Waals surface area contributed by atoms with E-state index in [4.69, 9.17) is 4.42 Å². The lowest BCUT2D eigenvalue weighted by atomic mass is 9.34. The Labute approximate surface area is 353 Å². The molecule has 6 aromatic rings. The van der Waals surface area contributed by atoms with Gasteiger partial charge in [0.05, 0.1) is 22.7 Å². The van der Waals surface area contributed by atoms with Crippen molar-refractivity contribution >= 4 is 68.4 Å². The summed E-state index contributed by atoms with van der Waals surface area (Å²) in [6.07, 6.45) is 4.71. The maximum Gasteiger partial charge on any atom is 0.297 e. The normalized spacial score (nSPS) is 21.2. The van der Waals surface area contributed by atoms with Gasteiger partial charge in [0.1, 0.15) is 5.58 Å². The third-order valence-electron chi connectivity index (χ3n) is 16.0. The third kappa shape index (κ3) is 4.78. The Morgan fingerprint density at radius 3 is 1.83 bits per heavy atom. The van der Waals surface area contributed by atoms with Crippen molar-refractivity contribution in [3.05, 3.63) is 122 Å². The molecular weight excluding hydrogens is 715 g/mol. The van der Waals surface area contributed by atoms with Crippen molar-refractivity contribution in [1.29, 1.82) is 0 Å². The van der Waals surface area contributed by atoms with Crippen molar-refractivity contribution in [3.8, 4) is 0 Å². The van der Waals surface area contributed by atoms with Crippen LogP contribution < -0.4 is 26.4 Å². The molecule has 0 amide bonds. The van der Waals surface area contributed by atoms with Gasteiger partial charge >= 0.3 is 0 Å². The molecule has 59 heavy (non-hydrogen) atoms. The summed E-state index contributed by atoms with van der Waals surface area (Å²) < 4.78 is 7.32. The minimum absolute atomic E-state index is 0.0463. The van der Waals surface area contributed by atoms with Gasteiger partial charge in [-0.2, -0.15) is 0 Å². The highest BCUT2D eigenvalue weighted by atomic mass is 16.3. The summed E-state index contributed by atoms with van der Waals surface area (Å²) >= 11 is 0. The molecule has 300 valence electrons. The molecule has 1 atom stereocenters. The Balaban J connectivity index is 1.29. The Hall–Kier alpha value is -4.70. The molecule has 0 saturated heterocycles. The number of aryl methyl sites for hydroxylation is 4. The summed E-state index contributed by atoms with van der Waals surface area (Å²) in [4.78, 5) is 5.37. The number of nitrogens with zero attached hydrogens (tertiary/aromatic N) is 2. The van der Waals surface area contributed by atoms with E-state index in [-0.39, 0.29) is 33.8 Å². The first kappa shape index (κ1) is 37.3. The molecule has 0 bridgehead atoms. The second kappa shape index (κ2) is 11.4. The first-order valence-electron chi connectivity index (χ1n) is 22.4. The molecule has 0 radical (unpaired) electrons. The molecule has 4 heterocycles. The van der Waals surface area contributed by atoms with E-state index in [2.05, 4.69) is 173 Å². The Morgan fingerprint density at radius 2 is 1.17 bits per heavy atom. The summed E-state index contributed by atoms with van der Waals surface area (Å²) in [6.45, 7) is 33.6. The summed E-state index contributed by atoms with van der Waals surface area (Å²) in [5.74, 6) is 0. The highest BCUT2D eigenvalue weighted by Crippen LogP contribution is 2.63. The van der Waals surface area contributed by atoms with Crippen LogP contribution in [0.1, 0.15) is 151 Å². The number of rotatable bonds is 1. The molecular formula is C55H61BN2O. The van der Waals surface area contributed by atoms with Crippen molar-refractivity contribution < 1.29 is 4.42 Å². The second-order valence-electron chi connectivity index (χ2n) is 22.7. The van der Waals surface area contributed by atoms with E-state index in [1.54, 1.807) is 11.1 Å². The van der Waals surface area contributed by atoms with Gasteiger partial charge in [-0.05, 0) is 166 Å². The maximum atomic E-state index is 7.32. The number of furan rings is 1. The number of anilines is 6. The Bertz CT molecular complexity index is 2850. The van der Waals surface area contributed by atoms with Gasteiger partial charge in [-0.15, -0.1) is 0 Å². The lowest BCUT2D eigenvalue weighted by Crippen LogP contribution is -2.62. The van der Waals surface area contributed by atoms with Gasteiger partial charge in [0.2, 0.25) is 0 Å². The smallest absolute Gasteiger partial charge is 0.297 e. The fourth-order valence-electron chi connectivity index (χ4n) is 12.5. The molecule has 0 saturated carbocycles. The molecule has 5 aromatic carbocycles. The van der Waals surface area contributed by atoms with Gasteiger partial charge in [-0.1, -0.05) is 111 Å². The minimum atomic E-state index is -0.115. The zero-order valence-corrected chi connectivity index (χ0v) is 38.1. The van der Waals surface area contributed by atoms with Crippen LogP contribution >= 0.6 is 0 Å². The molecule has 0 N–H and O–H groups in total. The summed E-state index contributed by atoms with van der Waals surface area (Å²) in [6, 6.07) is 27.0. The molecule has 4 heteroatoms. The van der Waals surface area contributed by atoms with Crippen LogP contribution in [0.3, 0.4) is 0 Å². The van der Waals surface area contributed by atoms with E-state index in [1.165, 1.54) is 114 Å². The van der Waals surface area contributed by atoms with Gasteiger partial charge in [0, 0.05) is 27.9 Å². The summed E-state index contributed by atoms with van der Waals surface area (Å²) in [5, 5.41) is 1.19. The number of fused-ring (bicyclic) bond motifs is 10. The predicted octanol–water partition coefficient (Wildman–Crippen LogP) is 13.1. The van der Waals surface area contributed by atoms with E-state index in [0.29, 0.717) is 0 Å². The molecule has 11 rings (SSSR count). The van der Waals surface area contributed by atoms with Crippen molar-refractivity contribution in [1.82, 2.24) is 0 Å². The molecule has 2 aliphatic carbocycles. The first-order valence-corrected chi connectivity index (χ1v) is 22.4. The fraction of sp³-hybridized carbons (Fsp3) is 0.418. The monoisotopic (exact) mass is 776 g/mol. The third-order valence-corrected chi connectivity index (χ3v) is 16.0. The zero-order valence-electron chi connectivity index (χ0n) is 38.1. The first-order chi connectivity index (χ1) is 27.6. The average molecular weight is 777 g/mol. The van der Waals surface area contributed by atoms with Gasteiger partial charge < -0.3 is 14.2 Å². The lowest BCUT2D eigenvalue weighted by molar-refractivity contribution is 0.327. The molecule has 3 nitrogen and oxygen atoms in total. The molecule has 5 aliphatic rings. The minimum Gasteiger partial charge on any atom is -0.468 e. The second-order valence-corrected chi connectivity index (χ2v) is 22.7. The highest BCUT2D eigenvalue weighted by Gasteiger charge is 2.55. The SMILES string of the molecule is Cc1cc2c3c(c1)N(c1c(C)cc(C(C)(C)C)cc1C)c1c(oc4ccc(C)cc14)B3c1ccc3c4c1N2c1cc2c(cc1C4(C)CCC3(C)C)C(C)(C)CCC2(C)C. The van der Waals surface area contributed by atoms with Gasteiger partial charge in [0.25, 0.3) is 6.71 Å². The predicted molar refractivity (Wildman–Crippen MR) is 252 cm³/mol. The van der Waals surface area contributed by atoms with Crippen LogP contribution in [-0.2, 0) is 27.1 Å². The Morgan fingerprint density at radius 1 is 0.559 bits per heavy atom. The van der Waals surface area contributed by atoms with Crippen LogP contribution in [-0.4, -0.2) is 6.71 Å². The average Bonchev–Trinajstić information content (AvgIpc) is 3.52. The van der Waals surface area contributed by atoms with E-state index in [0.717, 1.165) is 17.7 Å². The van der Waals surface area contributed by atoms with Crippen LogP contribution in [0.15, 0.2) is 71.1 Å². The van der Waals surface area contributed by atoms with Crippen LogP contribution in [0, 0.1) is 27.7 Å². The van der Waals surface area contributed by atoms with Gasteiger partial charge in [-0.3, -0.25) is 0 Å². The van der Waals surface area contributed by atoms with Crippen molar-refractivity contribution in [2.24, 2.45) is 0 Å². The van der Waals surface area contributed by atoms with Crippen LogP contribution in [0.2, 0.25) is 0 Å². The number of hydrogen-bond acceptors (Lipinski definition) is 3. The molecule has 1 aromatic heterocycles. The molecule has 1 unspecified atom stereocenters. The maximum absolute atomic E-state index is 7.32. The van der Waals surface area contributed by atoms with Gasteiger partial charge in [0.15, 0.2) is 0 Å². The van der Waals surface area contributed by atoms with E-state index >= 15 is 0 Å². The van der Waals surface area contributed by atoms with E-state index in [1.807, 2.05) is 0 Å². The van der Waals surface area contributed by atoms with E-state index < -0.39 is 0 Å². The van der Waals surface area contributed by atoms with Gasteiger partial charge in [-0.25, -0.2) is 0 Å². The quantitative estimate of drug-likeness (QED) is 0.155. The molecule has 0 spiro atoms. The van der Waals surface area contributed by atoms with Crippen molar-refractivity contribution in [2.45, 2.75) is 150 Å². The Kier molecular flexibility index (Phi) is 7.18. The number of benzene rings is 5. The van der Waals surface area contributed by atoms with Crippen LogP contribution in [0.4, 0.5) is 34.1 Å². The van der Waals surface area contributed by atoms with Crippen molar-refractivity contribution in [3.63, 3.8) is 0 Å². The number of hydrogen-bond donors (Lipinski definition) is 0. The highest BCUT2D eigenvalue weighted by molar-refractivity contribution is 7.00. The fourth-order valence-corrected chi connectivity index (χ4v) is 12.5.